The van der Waals surface area contributed by atoms with Crippen LogP contribution in [0.15, 0.2) is 24.3 Å². The smallest absolute Gasteiger partial charge is 0.241 e. The number of carbonyl (C=O) groups excluding carboxylic acids is 1. The molecule has 1 amide bonds. The van der Waals surface area contributed by atoms with Crippen molar-refractivity contribution >= 4 is 11.6 Å². The standard InChI is InChI=1S/C14H22N2O/c1-4-6-13(15)14(17)16-12-8-5-7-11(9-12)10(2)3/h5,7-10,13H,4,6,15H2,1-3H3,(H,16,17)/t13-/m0/s1. The van der Waals surface area contributed by atoms with E-state index in [2.05, 4.69) is 25.2 Å². The first kappa shape index (κ1) is 13.7. The van der Waals surface area contributed by atoms with E-state index < -0.39 is 6.04 Å². The molecule has 3 nitrogen and oxygen atoms in total. The van der Waals surface area contributed by atoms with Crippen LogP contribution in [0.25, 0.3) is 0 Å². The summed E-state index contributed by atoms with van der Waals surface area (Å²) in [5, 5.41) is 2.86. The summed E-state index contributed by atoms with van der Waals surface area (Å²) in [6.07, 6.45) is 1.64. The van der Waals surface area contributed by atoms with Crippen LogP contribution in [-0.4, -0.2) is 11.9 Å². The van der Waals surface area contributed by atoms with Crippen LogP contribution >= 0.6 is 0 Å². The molecule has 0 aromatic heterocycles. The Morgan fingerprint density at radius 3 is 2.71 bits per heavy atom. The molecule has 0 aliphatic carbocycles. The van der Waals surface area contributed by atoms with Gasteiger partial charge in [0.25, 0.3) is 0 Å². The van der Waals surface area contributed by atoms with Crippen molar-refractivity contribution in [3.8, 4) is 0 Å². The average Bonchev–Trinajstić information content (AvgIpc) is 2.29. The topological polar surface area (TPSA) is 55.1 Å². The predicted octanol–water partition coefficient (Wildman–Crippen LogP) is 2.88. The summed E-state index contributed by atoms with van der Waals surface area (Å²) in [7, 11) is 0. The van der Waals surface area contributed by atoms with Gasteiger partial charge in [-0.15, -0.1) is 0 Å². The molecule has 1 atom stereocenters. The van der Waals surface area contributed by atoms with E-state index in [0.29, 0.717) is 5.92 Å². The molecule has 0 spiro atoms. The van der Waals surface area contributed by atoms with Gasteiger partial charge in [0.2, 0.25) is 5.91 Å². The van der Waals surface area contributed by atoms with E-state index in [9.17, 15) is 4.79 Å². The van der Waals surface area contributed by atoms with Crippen molar-refractivity contribution in [2.75, 3.05) is 5.32 Å². The van der Waals surface area contributed by atoms with Gasteiger partial charge >= 0.3 is 0 Å². The van der Waals surface area contributed by atoms with Gasteiger partial charge in [0, 0.05) is 5.69 Å². The lowest BCUT2D eigenvalue weighted by Gasteiger charge is -2.13. The lowest BCUT2D eigenvalue weighted by molar-refractivity contribution is -0.117. The number of nitrogens with two attached hydrogens (primary N) is 1. The highest BCUT2D eigenvalue weighted by Gasteiger charge is 2.12. The van der Waals surface area contributed by atoms with Crippen molar-refractivity contribution in [2.45, 2.75) is 45.6 Å². The largest absolute Gasteiger partial charge is 0.325 e. The number of amides is 1. The average molecular weight is 234 g/mol. The zero-order valence-corrected chi connectivity index (χ0v) is 10.9. The van der Waals surface area contributed by atoms with Crippen LogP contribution in [-0.2, 0) is 4.79 Å². The maximum absolute atomic E-state index is 11.7. The number of hydrogen-bond donors (Lipinski definition) is 2. The number of benzene rings is 1. The molecule has 0 fully saturated rings. The minimum atomic E-state index is -0.414. The molecule has 17 heavy (non-hydrogen) atoms. The van der Waals surface area contributed by atoms with E-state index in [0.717, 1.165) is 18.5 Å². The first-order valence-electron chi connectivity index (χ1n) is 6.21. The van der Waals surface area contributed by atoms with Crippen molar-refractivity contribution < 1.29 is 4.79 Å². The molecular formula is C14H22N2O. The van der Waals surface area contributed by atoms with Gasteiger partial charge < -0.3 is 11.1 Å². The Balaban J connectivity index is 2.68. The Labute approximate surface area is 103 Å². The zero-order valence-electron chi connectivity index (χ0n) is 10.9. The van der Waals surface area contributed by atoms with Gasteiger partial charge in [-0.1, -0.05) is 39.3 Å². The lowest BCUT2D eigenvalue weighted by atomic mass is 10.0. The highest BCUT2D eigenvalue weighted by molar-refractivity contribution is 5.94. The zero-order chi connectivity index (χ0) is 12.8. The van der Waals surface area contributed by atoms with Crippen LogP contribution in [0.5, 0.6) is 0 Å². The molecule has 1 aromatic rings. The first-order valence-corrected chi connectivity index (χ1v) is 6.21. The molecule has 0 saturated carbocycles. The van der Waals surface area contributed by atoms with Crippen molar-refractivity contribution in [2.24, 2.45) is 5.73 Å². The van der Waals surface area contributed by atoms with Gasteiger partial charge in [0.15, 0.2) is 0 Å². The Morgan fingerprint density at radius 2 is 2.12 bits per heavy atom. The van der Waals surface area contributed by atoms with Crippen LogP contribution in [0.3, 0.4) is 0 Å². The summed E-state index contributed by atoms with van der Waals surface area (Å²) < 4.78 is 0. The second-order valence-electron chi connectivity index (χ2n) is 4.66. The molecule has 0 unspecified atom stereocenters. The van der Waals surface area contributed by atoms with Crippen molar-refractivity contribution in [3.05, 3.63) is 29.8 Å². The fourth-order valence-corrected chi connectivity index (χ4v) is 1.65. The molecule has 0 aliphatic rings. The summed E-state index contributed by atoms with van der Waals surface area (Å²) in [5.74, 6) is 0.351. The highest BCUT2D eigenvalue weighted by Crippen LogP contribution is 2.18. The van der Waals surface area contributed by atoms with E-state index in [1.165, 1.54) is 5.56 Å². The van der Waals surface area contributed by atoms with Crippen LogP contribution < -0.4 is 11.1 Å². The molecule has 3 heteroatoms. The van der Waals surface area contributed by atoms with Gasteiger partial charge in [0.1, 0.15) is 0 Å². The molecular weight excluding hydrogens is 212 g/mol. The van der Waals surface area contributed by atoms with Crippen molar-refractivity contribution in [1.82, 2.24) is 0 Å². The minimum absolute atomic E-state index is 0.104. The first-order chi connectivity index (χ1) is 8.04. The molecule has 1 aromatic carbocycles. The third-order valence-electron chi connectivity index (χ3n) is 2.76. The van der Waals surface area contributed by atoms with E-state index in [-0.39, 0.29) is 5.91 Å². The Hall–Kier alpha value is -1.35. The van der Waals surface area contributed by atoms with Crippen molar-refractivity contribution in [3.63, 3.8) is 0 Å². The van der Waals surface area contributed by atoms with Crippen LogP contribution in [0.1, 0.15) is 45.1 Å². The second-order valence-corrected chi connectivity index (χ2v) is 4.66. The third kappa shape index (κ3) is 4.19. The number of carbonyl (C=O) groups is 1. The van der Waals surface area contributed by atoms with Crippen LogP contribution in [0.2, 0.25) is 0 Å². The summed E-state index contributed by atoms with van der Waals surface area (Å²) in [4.78, 5) is 11.7. The molecule has 0 bridgehead atoms. The van der Waals surface area contributed by atoms with Crippen LogP contribution in [0, 0.1) is 0 Å². The lowest BCUT2D eigenvalue weighted by Crippen LogP contribution is -2.35. The van der Waals surface area contributed by atoms with Gasteiger partial charge in [-0.2, -0.15) is 0 Å². The van der Waals surface area contributed by atoms with Gasteiger partial charge in [-0.25, -0.2) is 0 Å². The Morgan fingerprint density at radius 1 is 1.41 bits per heavy atom. The fraction of sp³-hybridized carbons (Fsp3) is 0.500. The number of anilines is 1. The summed E-state index contributed by atoms with van der Waals surface area (Å²) in [6, 6.07) is 7.49. The molecule has 0 saturated heterocycles. The SMILES string of the molecule is CCC[C@H](N)C(=O)Nc1cccc(C(C)C)c1. The Kier molecular flexibility index (Phi) is 5.16. The predicted molar refractivity (Wildman–Crippen MR) is 72.0 cm³/mol. The van der Waals surface area contributed by atoms with Gasteiger partial charge in [0.05, 0.1) is 6.04 Å². The summed E-state index contributed by atoms with van der Waals surface area (Å²) in [6.45, 7) is 6.28. The quantitative estimate of drug-likeness (QED) is 0.823. The van der Waals surface area contributed by atoms with E-state index >= 15 is 0 Å². The van der Waals surface area contributed by atoms with E-state index in [4.69, 9.17) is 5.73 Å². The monoisotopic (exact) mass is 234 g/mol. The van der Waals surface area contributed by atoms with Gasteiger partial charge in [-0.3, -0.25) is 4.79 Å². The third-order valence-corrected chi connectivity index (χ3v) is 2.76. The number of rotatable bonds is 5. The van der Waals surface area contributed by atoms with Crippen LogP contribution in [0.4, 0.5) is 5.69 Å². The molecule has 0 radical (unpaired) electrons. The van der Waals surface area contributed by atoms with E-state index in [1.807, 2.05) is 25.1 Å². The minimum Gasteiger partial charge on any atom is -0.325 e. The maximum atomic E-state index is 11.7. The second kappa shape index (κ2) is 6.40. The molecule has 1 rings (SSSR count). The summed E-state index contributed by atoms with van der Waals surface area (Å²) in [5.41, 5.74) is 7.80. The number of nitrogens with one attached hydrogen (secondary N) is 1. The van der Waals surface area contributed by atoms with Gasteiger partial charge in [-0.05, 0) is 30.0 Å². The highest BCUT2D eigenvalue weighted by atomic mass is 16.2. The maximum Gasteiger partial charge on any atom is 0.241 e. The molecule has 3 N–H and O–H groups in total. The van der Waals surface area contributed by atoms with Crippen molar-refractivity contribution in [1.29, 1.82) is 0 Å². The normalized spacial score (nSPS) is 12.5. The molecule has 0 heterocycles. The Bertz CT molecular complexity index is 374. The molecule has 94 valence electrons. The number of hydrogen-bond acceptors (Lipinski definition) is 2. The summed E-state index contributed by atoms with van der Waals surface area (Å²) >= 11 is 0. The molecule has 0 aliphatic heterocycles. The fourth-order valence-electron chi connectivity index (χ4n) is 1.65. The van der Waals surface area contributed by atoms with E-state index in [1.54, 1.807) is 0 Å².